The van der Waals surface area contributed by atoms with E-state index in [-0.39, 0.29) is 25.7 Å². The van der Waals surface area contributed by atoms with Crippen LogP contribution >= 0.6 is 15.6 Å². The third-order valence-corrected chi connectivity index (χ3v) is 22.4. The molecule has 0 saturated carbocycles. The van der Waals surface area contributed by atoms with E-state index in [0.29, 0.717) is 25.7 Å². The maximum Gasteiger partial charge on any atom is 0.472 e. The van der Waals surface area contributed by atoms with Gasteiger partial charge in [-0.2, -0.15) is 0 Å². The Bertz CT molecular complexity index is 2010. The zero-order valence-electron chi connectivity index (χ0n) is 69.6. The van der Waals surface area contributed by atoms with Crippen LogP contribution in [-0.2, 0) is 65.4 Å². The number of esters is 4. The van der Waals surface area contributed by atoms with Gasteiger partial charge in [-0.05, 0) is 31.6 Å². The van der Waals surface area contributed by atoms with E-state index in [0.717, 1.165) is 95.8 Å². The van der Waals surface area contributed by atoms with Crippen molar-refractivity contribution in [1.29, 1.82) is 0 Å². The second kappa shape index (κ2) is 79.7. The van der Waals surface area contributed by atoms with Crippen molar-refractivity contribution in [1.82, 2.24) is 0 Å². The van der Waals surface area contributed by atoms with Crippen molar-refractivity contribution in [3.8, 4) is 0 Å². The first-order chi connectivity index (χ1) is 51.5. The number of carbonyl (C=O) groups excluding carboxylic acids is 4. The topological polar surface area (TPSA) is 237 Å². The lowest BCUT2D eigenvalue weighted by Crippen LogP contribution is -2.30. The summed E-state index contributed by atoms with van der Waals surface area (Å²) >= 11 is 0. The molecule has 0 saturated heterocycles. The van der Waals surface area contributed by atoms with Crippen molar-refractivity contribution in [3.05, 3.63) is 0 Å². The van der Waals surface area contributed by atoms with E-state index in [1.165, 1.54) is 295 Å². The molecule has 0 spiro atoms. The molecule has 0 aliphatic rings. The van der Waals surface area contributed by atoms with Crippen LogP contribution < -0.4 is 0 Å². The molecule has 0 aromatic heterocycles. The lowest BCUT2D eigenvalue weighted by Gasteiger charge is -2.21. The van der Waals surface area contributed by atoms with Gasteiger partial charge in [-0.1, -0.05) is 420 Å². The number of phosphoric acid groups is 2. The summed E-state index contributed by atoms with van der Waals surface area (Å²) in [4.78, 5) is 73.2. The predicted molar refractivity (Wildman–Crippen MR) is 437 cm³/mol. The van der Waals surface area contributed by atoms with E-state index in [9.17, 15) is 43.2 Å². The molecule has 0 bridgehead atoms. The van der Waals surface area contributed by atoms with Gasteiger partial charge in [0.25, 0.3) is 0 Å². The average molecular weight is 1550 g/mol. The second-order valence-corrected chi connectivity index (χ2v) is 34.7. The Labute approximate surface area is 651 Å². The standard InChI is InChI=1S/C87H170O17P2/c1-6-9-12-15-18-21-23-25-27-29-31-33-35-39-43-47-52-57-62-67-72-87(92)104-83(77-98-85(90)71-66-61-56-51-46-42-38-34-32-30-28-26-24-22-19-16-13-10-7-2)79-102-106(95,96)100-75-81(88)74-99-105(93,94)101-78-82(76-97-84(89)70-65-60-55-49-20-17-14-11-8-3)103-86(91)73-68-63-58-53-48-44-40-36-37-41-45-50-54-59-64-69-80(4)5/h80-83,88H,6-79H2,1-5H3,(H,93,94)(H,95,96)/t81-,82+,83+/m0/s1. The summed E-state index contributed by atoms with van der Waals surface area (Å²) in [5.74, 6) is -1.30. The number of aliphatic hydroxyl groups excluding tert-OH is 1. The highest BCUT2D eigenvalue weighted by molar-refractivity contribution is 7.47. The third kappa shape index (κ3) is 80.1. The molecule has 0 amide bonds. The molecule has 630 valence electrons. The fourth-order valence-electron chi connectivity index (χ4n) is 13.6. The van der Waals surface area contributed by atoms with Crippen LogP contribution in [0.25, 0.3) is 0 Å². The number of aliphatic hydroxyl groups is 1. The normalized spacial score (nSPS) is 13.7. The molecule has 106 heavy (non-hydrogen) atoms. The van der Waals surface area contributed by atoms with Crippen LogP contribution in [-0.4, -0.2) is 96.7 Å². The fraction of sp³-hybridized carbons (Fsp3) is 0.954. The molecule has 0 aliphatic carbocycles. The molecule has 0 aromatic carbocycles. The number of hydrogen-bond acceptors (Lipinski definition) is 15. The number of hydrogen-bond donors (Lipinski definition) is 3. The van der Waals surface area contributed by atoms with Crippen LogP contribution in [0.15, 0.2) is 0 Å². The number of rotatable bonds is 87. The molecular weight excluding hydrogens is 1380 g/mol. The van der Waals surface area contributed by atoms with E-state index in [1.807, 2.05) is 0 Å². The van der Waals surface area contributed by atoms with Crippen LogP contribution in [0.5, 0.6) is 0 Å². The first-order valence-electron chi connectivity index (χ1n) is 45.1. The number of ether oxygens (including phenoxy) is 4. The van der Waals surface area contributed by atoms with E-state index >= 15 is 0 Å². The van der Waals surface area contributed by atoms with Crippen molar-refractivity contribution in [2.75, 3.05) is 39.6 Å². The zero-order valence-corrected chi connectivity index (χ0v) is 71.4. The van der Waals surface area contributed by atoms with Gasteiger partial charge in [-0.15, -0.1) is 0 Å². The van der Waals surface area contributed by atoms with Gasteiger partial charge in [-0.3, -0.25) is 37.3 Å². The maximum absolute atomic E-state index is 13.1. The Kier molecular flexibility index (Phi) is 78.2. The van der Waals surface area contributed by atoms with E-state index in [2.05, 4.69) is 34.6 Å². The van der Waals surface area contributed by atoms with Gasteiger partial charge in [0.15, 0.2) is 12.2 Å². The molecular formula is C87H170O17P2. The van der Waals surface area contributed by atoms with Gasteiger partial charge >= 0.3 is 39.5 Å². The summed E-state index contributed by atoms with van der Waals surface area (Å²) in [5, 5.41) is 10.7. The van der Waals surface area contributed by atoms with Crippen molar-refractivity contribution in [3.63, 3.8) is 0 Å². The predicted octanol–water partition coefficient (Wildman–Crippen LogP) is 26.8. The lowest BCUT2D eigenvalue weighted by atomic mass is 10.0. The van der Waals surface area contributed by atoms with Gasteiger partial charge in [0.1, 0.15) is 19.3 Å². The molecule has 2 unspecified atom stereocenters. The van der Waals surface area contributed by atoms with E-state index in [1.54, 1.807) is 0 Å². The number of carbonyl (C=O) groups is 4. The van der Waals surface area contributed by atoms with Gasteiger partial charge in [0.2, 0.25) is 0 Å². The molecule has 5 atom stereocenters. The summed E-state index contributed by atoms with van der Waals surface area (Å²) in [6, 6.07) is 0. The fourth-order valence-corrected chi connectivity index (χ4v) is 15.2. The summed E-state index contributed by atoms with van der Waals surface area (Å²) in [6.45, 7) is 7.38. The van der Waals surface area contributed by atoms with Crippen LogP contribution in [0.3, 0.4) is 0 Å². The number of unbranched alkanes of at least 4 members (excludes halogenated alkanes) is 59. The van der Waals surface area contributed by atoms with E-state index < -0.39 is 97.5 Å². The summed E-state index contributed by atoms with van der Waals surface area (Å²) in [7, 11) is -9.93. The molecule has 19 heteroatoms. The molecule has 0 rings (SSSR count). The molecule has 0 aromatic rings. The first kappa shape index (κ1) is 104. The van der Waals surface area contributed by atoms with Crippen LogP contribution in [0.2, 0.25) is 0 Å². The molecule has 3 N–H and O–H groups in total. The summed E-state index contributed by atoms with van der Waals surface area (Å²) in [6.07, 6.45) is 73.7. The van der Waals surface area contributed by atoms with Gasteiger partial charge in [0, 0.05) is 25.7 Å². The highest BCUT2D eigenvalue weighted by atomic mass is 31.2. The SMILES string of the molecule is CCCCCCCCCCCCCCCCCCCCCCC(=O)O[C@H](COC(=O)CCCCCCCCCCCCCCCCCCCCC)COP(=O)(O)OC[C@@H](O)COP(=O)(O)OC[C@@H](COC(=O)CCCCCCCCCCC)OC(=O)CCCCCCCCCCCCCCCCCC(C)C. The average Bonchev–Trinajstić information content (AvgIpc) is 0.901. The Morgan fingerprint density at radius 2 is 0.434 bits per heavy atom. The van der Waals surface area contributed by atoms with Crippen molar-refractivity contribution >= 4 is 39.5 Å². The lowest BCUT2D eigenvalue weighted by molar-refractivity contribution is -0.161. The van der Waals surface area contributed by atoms with Crippen LogP contribution in [0.1, 0.15) is 471 Å². The van der Waals surface area contributed by atoms with Crippen molar-refractivity contribution < 1.29 is 80.2 Å². The largest absolute Gasteiger partial charge is 0.472 e. The minimum atomic E-state index is -4.97. The Morgan fingerprint density at radius 1 is 0.255 bits per heavy atom. The third-order valence-electron chi connectivity index (χ3n) is 20.5. The first-order valence-corrected chi connectivity index (χ1v) is 48.1. The maximum atomic E-state index is 13.1. The Morgan fingerprint density at radius 3 is 0.642 bits per heavy atom. The van der Waals surface area contributed by atoms with Gasteiger partial charge < -0.3 is 33.8 Å². The summed E-state index contributed by atoms with van der Waals surface area (Å²) < 4.78 is 68.9. The highest BCUT2D eigenvalue weighted by Gasteiger charge is 2.30. The minimum absolute atomic E-state index is 0.108. The van der Waals surface area contributed by atoms with Crippen LogP contribution in [0, 0.1) is 5.92 Å². The van der Waals surface area contributed by atoms with Gasteiger partial charge in [0.05, 0.1) is 26.4 Å². The monoisotopic (exact) mass is 1550 g/mol. The summed E-state index contributed by atoms with van der Waals surface area (Å²) in [5.41, 5.74) is 0. The zero-order chi connectivity index (χ0) is 77.6. The van der Waals surface area contributed by atoms with Crippen LogP contribution in [0.4, 0.5) is 0 Å². The Balaban J connectivity index is 5.20. The number of phosphoric ester groups is 2. The van der Waals surface area contributed by atoms with Gasteiger partial charge in [-0.25, -0.2) is 9.13 Å². The Hall–Kier alpha value is -1.94. The van der Waals surface area contributed by atoms with E-state index in [4.69, 9.17) is 37.0 Å². The smallest absolute Gasteiger partial charge is 0.462 e. The second-order valence-electron chi connectivity index (χ2n) is 31.8. The minimum Gasteiger partial charge on any atom is -0.462 e. The molecule has 0 aliphatic heterocycles. The molecule has 0 radical (unpaired) electrons. The quantitative estimate of drug-likeness (QED) is 0.0222. The molecule has 0 heterocycles. The highest BCUT2D eigenvalue weighted by Crippen LogP contribution is 2.45. The van der Waals surface area contributed by atoms with Crippen molar-refractivity contribution in [2.24, 2.45) is 5.92 Å². The van der Waals surface area contributed by atoms with Crippen molar-refractivity contribution in [2.45, 2.75) is 490 Å². The molecule has 17 nitrogen and oxygen atoms in total. The molecule has 0 fully saturated rings.